The Bertz CT molecular complexity index is 839. The molecule has 1 fully saturated rings. The van der Waals surface area contributed by atoms with Crippen molar-refractivity contribution in [2.24, 2.45) is 0 Å². The molecule has 0 bridgehead atoms. The molecule has 0 aromatic heterocycles. The number of halogens is 1. The Morgan fingerprint density at radius 3 is 2.52 bits per heavy atom. The summed E-state index contributed by atoms with van der Waals surface area (Å²) in [7, 11) is 3.49. The fourth-order valence-corrected chi connectivity index (χ4v) is 3.36. The standard InChI is InChI=1S/C22H26FN3O3/c1-24-22(28)18-5-3-16(4-6-18)13-25(2)15-21(27)26-11-12-29-20(14-26)17-7-9-19(23)10-8-17/h3-10,20H,11-15H2,1-2H3,(H,24,28). The molecule has 1 aliphatic heterocycles. The van der Waals surface area contributed by atoms with Crippen molar-refractivity contribution < 1.29 is 18.7 Å². The molecule has 154 valence electrons. The lowest BCUT2D eigenvalue weighted by Gasteiger charge is -2.34. The zero-order chi connectivity index (χ0) is 20.8. The summed E-state index contributed by atoms with van der Waals surface area (Å²) in [6.45, 7) is 2.35. The molecule has 6 nitrogen and oxygen atoms in total. The van der Waals surface area contributed by atoms with Gasteiger partial charge in [-0.25, -0.2) is 4.39 Å². The predicted molar refractivity (Wildman–Crippen MR) is 108 cm³/mol. The molecule has 0 radical (unpaired) electrons. The van der Waals surface area contributed by atoms with Crippen LogP contribution in [0.1, 0.15) is 27.6 Å². The Balaban J connectivity index is 1.53. The minimum Gasteiger partial charge on any atom is -0.370 e. The maximum atomic E-state index is 13.1. The molecule has 0 saturated carbocycles. The Labute approximate surface area is 170 Å². The summed E-state index contributed by atoms with van der Waals surface area (Å²) < 4.78 is 18.9. The van der Waals surface area contributed by atoms with E-state index in [9.17, 15) is 14.0 Å². The molecule has 3 rings (SSSR count). The topological polar surface area (TPSA) is 61.9 Å². The highest BCUT2D eigenvalue weighted by Crippen LogP contribution is 2.22. The highest BCUT2D eigenvalue weighted by Gasteiger charge is 2.26. The minimum absolute atomic E-state index is 0.0323. The van der Waals surface area contributed by atoms with E-state index in [1.54, 1.807) is 36.2 Å². The van der Waals surface area contributed by atoms with Crippen LogP contribution in [0.4, 0.5) is 4.39 Å². The van der Waals surface area contributed by atoms with E-state index in [1.165, 1.54) is 12.1 Å². The van der Waals surface area contributed by atoms with Crippen LogP contribution in [-0.4, -0.2) is 62.0 Å². The molecule has 2 amide bonds. The molecule has 2 aromatic carbocycles. The number of nitrogens with zero attached hydrogens (tertiary/aromatic N) is 2. The average Bonchev–Trinajstić information content (AvgIpc) is 2.74. The van der Waals surface area contributed by atoms with E-state index in [2.05, 4.69) is 5.32 Å². The number of hydrogen-bond acceptors (Lipinski definition) is 4. The third-order valence-corrected chi connectivity index (χ3v) is 4.96. The van der Waals surface area contributed by atoms with Crippen molar-refractivity contribution in [3.8, 4) is 0 Å². The van der Waals surface area contributed by atoms with Crippen LogP contribution in [0, 0.1) is 5.82 Å². The van der Waals surface area contributed by atoms with Crippen LogP contribution in [0.2, 0.25) is 0 Å². The maximum absolute atomic E-state index is 13.1. The van der Waals surface area contributed by atoms with E-state index < -0.39 is 0 Å². The summed E-state index contributed by atoms with van der Waals surface area (Å²) in [6.07, 6.45) is -0.240. The van der Waals surface area contributed by atoms with Crippen molar-refractivity contribution in [2.45, 2.75) is 12.6 Å². The highest BCUT2D eigenvalue weighted by atomic mass is 19.1. The van der Waals surface area contributed by atoms with Gasteiger partial charge in [-0.2, -0.15) is 0 Å². The van der Waals surface area contributed by atoms with E-state index in [0.29, 0.717) is 31.8 Å². The second-order valence-electron chi connectivity index (χ2n) is 7.20. The first kappa shape index (κ1) is 21.0. The Hall–Kier alpha value is -2.77. The van der Waals surface area contributed by atoms with Gasteiger partial charge >= 0.3 is 0 Å². The normalized spacial score (nSPS) is 16.7. The van der Waals surface area contributed by atoms with Gasteiger partial charge in [0.05, 0.1) is 19.7 Å². The molecule has 29 heavy (non-hydrogen) atoms. The third-order valence-electron chi connectivity index (χ3n) is 4.96. The van der Waals surface area contributed by atoms with Gasteiger partial charge < -0.3 is 15.0 Å². The summed E-state index contributed by atoms with van der Waals surface area (Å²) in [5.74, 6) is -0.379. The number of morpholine rings is 1. The van der Waals surface area contributed by atoms with E-state index in [4.69, 9.17) is 4.74 Å². The maximum Gasteiger partial charge on any atom is 0.251 e. The van der Waals surface area contributed by atoms with E-state index in [1.807, 2.05) is 24.1 Å². The number of hydrogen-bond donors (Lipinski definition) is 1. The Morgan fingerprint density at radius 1 is 1.17 bits per heavy atom. The number of carbonyl (C=O) groups excluding carboxylic acids is 2. The van der Waals surface area contributed by atoms with Gasteiger partial charge in [0, 0.05) is 25.7 Å². The first-order valence-corrected chi connectivity index (χ1v) is 9.60. The zero-order valence-corrected chi connectivity index (χ0v) is 16.7. The van der Waals surface area contributed by atoms with Crippen molar-refractivity contribution in [2.75, 3.05) is 40.3 Å². The predicted octanol–water partition coefficient (Wildman–Crippen LogP) is 2.22. The van der Waals surface area contributed by atoms with Crippen LogP contribution in [0.25, 0.3) is 0 Å². The lowest BCUT2D eigenvalue weighted by Crippen LogP contribution is -2.46. The first-order valence-electron chi connectivity index (χ1n) is 9.60. The van der Waals surface area contributed by atoms with Crippen molar-refractivity contribution >= 4 is 11.8 Å². The van der Waals surface area contributed by atoms with Crippen LogP contribution in [0.3, 0.4) is 0 Å². The van der Waals surface area contributed by atoms with Crippen molar-refractivity contribution in [3.05, 3.63) is 71.0 Å². The molecule has 2 aromatic rings. The number of rotatable bonds is 6. The Morgan fingerprint density at radius 2 is 1.86 bits per heavy atom. The van der Waals surface area contributed by atoms with Gasteiger partial charge in [0.1, 0.15) is 11.9 Å². The number of likely N-dealkylation sites (N-methyl/N-ethyl adjacent to an activating group) is 1. The van der Waals surface area contributed by atoms with Crippen molar-refractivity contribution in [1.82, 2.24) is 15.1 Å². The van der Waals surface area contributed by atoms with Crippen LogP contribution in [0.5, 0.6) is 0 Å². The number of ether oxygens (including phenoxy) is 1. The largest absolute Gasteiger partial charge is 0.370 e. The first-order chi connectivity index (χ1) is 14.0. The SMILES string of the molecule is CNC(=O)c1ccc(CN(C)CC(=O)N2CCOC(c3ccc(F)cc3)C2)cc1. The monoisotopic (exact) mass is 399 g/mol. The quantitative estimate of drug-likeness (QED) is 0.809. The lowest BCUT2D eigenvalue weighted by molar-refractivity contribution is -0.140. The number of carbonyl (C=O) groups is 2. The van der Waals surface area contributed by atoms with Gasteiger partial charge in [-0.15, -0.1) is 0 Å². The Kier molecular flexibility index (Phi) is 6.95. The summed E-state index contributed by atoms with van der Waals surface area (Å²) >= 11 is 0. The third kappa shape index (κ3) is 5.62. The summed E-state index contributed by atoms with van der Waals surface area (Å²) in [4.78, 5) is 28.1. The van der Waals surface area contributed by atoms with Crippen molar-refractivity contribution in [1.29, 1.82) is 0 Å². The number of nitrogens with one attached hydrogen (secondary N) is 1. The van der Waals surface area contributed by atoms with Gasteiger partial charge in [-0.1, -0.05) is 24.3 Å². The zero-order valence-electron chi connectivity index (χ0n) is 16.7. The van der Waals surface area contributed by atoms with Gasteiger partial charge in [0.15, 0.2) is 0 Å². The fourth-order valence-electron chi connectivity index (χ4n) is 3.36. The van der Waals surface area contributed by atoms with Gasteiger partial charge in [0.25, 0.3) is 5.91 Å². The number of amides is 2. The molecular weight excluding hydrogens is 373 g/mol. The fraction of sp³-hybridized carbons (Fsp3) is 0.364. The van der Waals surface area contributed by atoms with Crippen molar-refractivity contribution in [3.63, 3.8) is 0 Å². The molecule has 1 saturated heterocycles. The molecule has 0 spiro atoms. The van der Waals surface area contributed by atoms with Gasteiger partial charge in [-0.05, 0) is 42.4 Å². The molecular formula is C22H26FN3O3. The minimum atomic E-state index is -0.289. The van der Waals surface area contributed by atoms with Crippen LogP contribution in [-0.2, 0) is 16.1 Å². The average molecular weight is 399 g/mol. The van der Waals surface area contributed by atoms with Crippen LogP contribution < -0.4 is 5.32 Å². The lowest BCUT2D eigenvalue weighted by atomic mass is 10.1. The second kappa shape index (κ2) is 9.62. The van der Waals surface area contributed by atoms with Gasteiger partial charge in [-0.3, -0.25) is 14.5 Å². The number of benzene rings is 2. The van der Waals surface area contributed by atoms with Gasteiger partial charge in [0.2, 0.25) is 5.91 Å². The van der Waals surface area contributed by atoms with E-state index >= 15 is 0 Å². The molecule has 0 aliphatic carbocycles. The van der Waals surface area contributed by atoms with Crippen LogP contribution in [0.15, 0.2) is 48.5 Å². The molecule has 7 heteroatoms. The molecule has 1 unspecified atom stereocenters. The molecule has 1 heterocycles. The van der Waals surface area contributed by atoms with E-state index in [-0.39, 0.29) is 30.3 Å². The molecule has 1 atom stereocenters. The molecule has 1 N–H and O–H groups in total. The summed E-state index contributed by atoms with van der Waals surface area (Å²) in [5.41, 5.74) is 2.50. The second-order valence-corrected chi connectivity index (χ2v) is 7.20. The van der Waals surface area contributed by atoms with E-state index in [0.717, 1.165) is 11.1 Å². The highest BCUT2D eigenvalue weighted by molar-refractivity contribution is 5.93. The smallest absolute Gasteiger partial charge is 0.251 e. The molecule has 1 aliphatic rings. The summed E-state index contributed by atoms with van der Waals surface area (Å²) in [5, 5.41) is 2.59. The summed E-state index contributed by atoms with van der Waals surface area (Å²) in [6, 6.07) is 13.5. The van der Waals surface area contributed by atoms with Crippen LogP contribution >= 0.6 is 0 Å².